The van der Waals surface area contributed by atoms with Crippen molar-refractivity contribution in [2.24, 2.45) is 4.99 Å². The van der Waals surface area contributed by atoms with Gasteiger partial charge in [0, 0.05) is 23.3 Å². The largest absolute Gasteiger partial charge is 0.507 e. The molecule has 4 aromatic rings. The third kappa shape index (κ3) is 4.53. The molecule has 5 rings (SSSR count). The molecule has 10 heteroatoms. The van der Waals surface area contributed by atoms with Crippen molar-refractivity contribution in [3.63, 3.8) is 0 Å². The van der Waals surface area contributed by atoms with Gasteiger partial charge in [-0.1, -0.05) is 72.0 Å². The number of hydrogen-bond donors (Lipinski definition) is 1. The number of nitrogens with zero attached hydrogens (tertiary/aromatic N) is 3. The maximum Gasteiger partial charge on any atom is 0.338 e. The molecule has 1 N–H and O–H groups in total. The summed E-state index contributed by atoms with van der Waals surface area (Å²) in [5.41, 5.74) is 1.43. The van der Waals surface area contributed by atoms with Crippen LogP contribution < -0.4 is 14.9 Å². The minimum absolute atomic E-state index is 0.119. The molecule has 0 fully saturated rings. The Morgan fingerprint density at radius 2 is 1.82 bits per heavy atom. The number of phenols is 1. The molecular formula is C28H21N3O6S. The number of benzene rings is 3. The highest BCUT2D eigenvalue weighted by Gasteiger charge is 2.35. The molecule has 0 aliphatic carbocycles. The number of ether oxygens (including phenoxy) is 1. The van der Waals surface area contributed by atoms with Crippen LogP contribution in [0.3, 0.4) is 0 Å². The maximum atomic E-state index is 13.8. The van der Waals surface area contributed by atoms with Gasteiger partial charge in [-0.05, 0) is 24.6 Å². The number of rotatable bonds is 6. The van der Waals surface area contributed by atoms with Crippen LogP contribution in [-0.2, 0) is 9.53 Å². The summed E-state index contributed by atoms with van der Waals surface area (Å²) >= 11 is 1.06. The quantitative estimate of drug-likeness (QED) is 0.232. The lowest BCUT2D eigenvalue weighted by molar-refractivity contribution is -0.384. The molecule has 0 spiro atoms. The summed E-state index contributed by atoms with van der Waals surface area (Å²) in [4.78, 5) is 42.9. The number of carbonyl (C=O) groups is 1. The highest BCUT2D eigenvalue weighted by molar-refractivity contribution is 7.07. The standard InChI is InChI=1S/C28H21N3O6S/c1-2-37-27(34)23-24(17-9-5-3-6-10-17)29-28-30(25(23)18-11-7-4-8-12-18)26(33)22(38-28)16-19-15-20(31(35)36)13-14-21(19)32/h3-16,25,32H,2H2,1H3/b22-16-/t25-/m1/s1. The van der Waals surface area contributed by atoms with Gasteiger partial charge in [-0.25, -0.2) is 9.79 Å². The normalized spacial score (nSPS) is 15.1. The molecule has 1 aromatic heterocycles. The zero-order valence-corrected chi connectivity index (χ0v) is 20.9. The first kappa shape index (κ1) is 24.8. The van der Waals surface area contributed by atoms with Crippen molar-refractivity contribution < 1.29 is 19.6 Å². The van der Waals surface area contributed by atoms with Gasteiger partial charge in [-0.2, -0.15) is 0 Å². The number of aromatic hydroxyl groups is 1. The third-order valence-electron chi connectivity index (χ3n) is 6.00. The van der Waals surface area contributed by atoms with Crippen molar-refractivity contribution in [1.29, 1.82) is 0 Å². The van der Waals surface area contributed by atoms with Crippen LogP contribution in [0.25, 0.3) is 11.8 Å². The van der Waals surface area contributed by atoms with E-state index in [0.29, 0.717) is 21.6 Å². The number of nitro groups is 1. The van der Waals surface area contributed by atoms with Gasteiger partial charge >= 0.3 is 5.97 Å². The number of phenolic OH excluding ortho intramolecular Hbond substituents is 1. The van der Waals surface area contributed by atoms with Crippen LogP contribution in [0.4, 0.5) is 5.69 Å². The van der Waals surface area contributed by atoms with Gasteiger partial charge in [0.15, 0.2) is 4.80 Å². The summed E-state index contributed by atoms with van der Waals surface area (Å²) in [6.45, 7) is 1.85. The second-order valence-electron chi connectivity index (χ2n) is 8.34. The first-order chi connectivity index (χ1) is 18.4. The van der Waals surface area contributed by atoms with Crippen molar-refractivity contribution in [3.8, 4) is 5.75 Å². The van der Waals surface area contributed by atoms with Crippen molar-refractivity contribution >= 4 is 34.8 Å². The molecular weight excluding hydrogens is 506 g/mol. The summed E-state index contributed by atoms with van der Waals surface area (Å²) in [6, 6.07) is 21.0. The highest BCUT2D eigenvalue weighted by atomic mass is 32.1. The van der Waals surface area contributed by atoms with E-state index in [1.165, 1.54) is 28.8 Å². The lowest BCUT2D eigenvalue weighted by atomic mass is 9.93. The van der Waals surface area contributed by atoms with Crippen LogP contribution in [0.2, 0.25) is 0 Å². The molecule has 0 saturated carbocycles. The van der Waals surface area contributed by atoms with Crippen molar-refractivity contribution in [1.82, 2.24) is 4.57 Å². The first-order valence-corrected chi connectivity index (χ1v) is 12.5. The zero-order chi connectivity index (χ0) is 26.8. The fourth-order valence-corrected chi connectivity index (χ4v) is 5.30. The van der Waals surface area contributed by atoms with Crippen molar-refractivity contribution in [2.45, 2.75) is 13.0 Å². The second kappa shape index (κ2) is 10.3. The molecule has 0 amide bonds. The Hall–Kier alpha value is -4.83. The van der Waals surface area contributed by atoms with E-state index in [2.05, 4.69) is 0 Å². The second-order valence-corrected chi connectivity index (χ2v) is 9.35. The van der Waals surface area contributed by atoms with E-state index in [0.717, 1.165) is 11.3 Å². The molecule has 0 radical (unpaired) electrons. The van der Waals surface area contributed by atoms with Crippen LogP contribution in [0, 0.1) is 10.1 Å². The lowest BCUT2D eigenvalue weighted by Crippen LogP contribution is -2.40. The van der Waals surface area contributed by atoms with Gasteiger partial charge in [0.1, 0.15) is 5.75 Å². The van der Waals surface area contributed by atoms with E-state index in [-0.39, 0.29) is 33.7 Å². The molecule has 1 aliphatic heterocycles. The summed E-state index contributed by atoms with van der Waals surface area (Å²) in [7, 11) is 0. The molecule has 9 nitrogen and oxygen atoms in total. The minimum atomic E-state index is -0.831. The highest BCUT2D eigenvalue weighted by Crippen LogP contribution is 2.35. The fourth-order valence-electron chi connectivity index (χ4n) is 4.30. The molecule has 38 heavy (non-hydrogen) atoms. The zero-order valence-electron chi connectivity index (χ0n) is 20.1. The average Bonchev–Trinajstić information content (AvgIpc) is 3.24. The molecule has 0 bridgehead atoms. The van der Waals surface area contributed by atoms with Crippen LogP contribution in [0.15, 0.2) is 94.2 Å². The Bertz CT molecular complexity index is 1760. The Morgan fingerprint density at radius 3 is 2.47 bits per heavy atom. The van der Waals surface area contributed by atoms with Crippen molar-refractivity contribution in [3.05, 3.63) is 131 Å². The lowest BCUT2D eigenvalue weighted by Gasteiger charge is -2.25. The Morgan fingerprint density at radius 1 is 1.13 bits per heavy atom. The van der Waals surface area contributed by atoms with Gasteiger partial charge in [-0.15, -0.1) is 0 Å². The number of aromatic nitrogens is 1. The van der Waals surface area contributed by atoms with Gasteiger partial charge < -0.3 is 9.84 Å². The minimum Gasteiger partial charge on any atom is -0.507 e. The monoisotopic (exact) mass is 527 g/mol. The van der Waals surface area contributed by atoms with E-state index in [9.17, 15) is 24.8 Å². The molecule has 190 valence electrons. The Balaban J connectivity index is 1.82. The maximum absolute atomic E-state index is 13.8. The number of esters is 1. The van der Waals surface area contributed by atoms with Crippen molar-refractivity contribution in [2.75, 3.05) is 6.61 Å². The van der Waals surface area contributed by atoms with E-state index in [4.69, 9.17) is 9.73 Å². The van der Waals surface area contributed by atoms with Crippen LogP contribution in [0.1, 0.15) is 29.7 Å². The summed E-state index contributed by atoms with van der Waals surface area (Å²) in [5.74, 6) is -0.798. The molecule has 2 heterocycles. The molecule has 1 atom stereocenters. The molecule has 0 saturated heterocycles. The van der Waals surface area contributed by atoms with Gasteiger partial charge in [0.2, 0.25) is 0 Å². The molecule has 1 aliphatic rings. The topological polar surface area (TPSA) is 124 Å². The van der Waals surface area contributed by atoms with Crippen LogP contribution in [0.5, 0.6) is 5.75 Å². The smallest absolute Gasteiger partial charge is 0.338 e. The van der Waals surface area contributed by atoms with E-state index in [1.54, 1.807) is 6.92 Å². The summed E-state index contributed by atoms with van der Waals surface area (Å²) in [6.07, 6.45) is 1.39. The number of hydrogen-bond acceptors (Lipinski definition) is 8. The Labute approximate surface area is 220 Å². The van der Waals surface area contributed by atoms with E-state index < -0.39 is 22.5 Å². The molecule has 3 aromatic carbocycles. The fraction of sp³-hybridized carbons (Fsp3) is 0.107. The Kier molecular flexibility index (Phi) is 6.71. The van der Waals surface area contributed by atoms with Gasteiger partial charge in [-0.3, -0.25) is 19.5 Å². The number of non-ortho nitro benzene ring substituents is 1. The number of fused-ring (bicyclic) bond motifs is 1. The van der Waals surface area contributed by atoms with Crippen LogP contribution in [-0.4, -0.2) is 27.2 Å². The van der Waals surface area contributed by atoms with E-state index in [1.807, 2.05) is 60.7 Å². The average molecular weight is 528 g/mol. The predicted molar refractivity (Wildman–Crippen MR) is 142 cm³/mol. The number of nitro benzene ring substituents is 1. The van der Waals surface area contributed by atoms with Gasteiger partial charge in [0.05, 0.1) is 33.4 Å². The van der Waals surface area contributed by atoms with Crippen LogP contribution >= 0.6 is 11.3 Å². The third-order valence-corrected chi connectivity index (χ3v) is 6.98. The van der Waals surface area contributed by atoms with E-state index >= 15 is 0 Å². The summed E-state index contributed by atoms with van der Waals surface area (Å²) in [5, 5.41) is 21.6. The van der Waals surface area contributed by atoms with Gasteiger partial charge in [0.25, 0.3) is 11.2 Å². The number of thiazole rings is 1. The predicted octanol–water partition coefficient (Wildman–Crippen LogP) is 3.55. The molecule has 0 unspecified atom stereocenters. The SMILES string of the molecule is CCOC(=O)C1=C(c2ccccc2)N=c2s/c(=C\c3cc([N+](=O)[O-])ccc3O)c(=O)n2[C@@H]1c1ccccc1. The first-order valence-electron chi connectivity index (χ1n) is 11.7. The number of carbonyl (C=O) groups excluding carboxylic acids is 1. The summed E-state index contributed by atoms with van der Waals surface area (Å²) < 4.78 is 7.04.